The van der Waals surface area contributed by atoms with Gasteiger partial charge in [-0.3, -0.25) is 4.90 Å². The van der Waals surface area contributed by atoms with Crippen LogP contribution < -0.4 is 11.1 Å². The molecule has 0 radical (unpaired) electrons. The highest BCUT2D eigenvalue weighted by atomic mass is 127. The van der Waals surface area contributed by atoms with Crippen molar-refractivity contribution in [1.82, 2.24) is 15.1 Å². The van der Waals surface area contributed by atoms with Crippen molar-refractivity contribution >= 4 is 29.9 Å². The molecule has 1 aliphatic carbocycles. The normalized spacial score (nSPS) is 20.3. The van der Waals surface area contributed by atoms with E-state index in [1.807, 2.05) is 0 Å². The van der Waals surface area contributed by atoms with E-state index in [0.717, 1.165) is 26.2 Å². The molecule has 152 valence electrons. The zero-order valence-corrected chi connectivity index (χ0v) is 19.0. The molecule has 1 aliphatic heterocycles. The summed E-state index contributed by atoms with van der Waals surface area (Å²) < 4.78 is 0. The van der Waals surface area contributed by atoms with Crippen molar-refractivity contribution in [2.75, 3.05) is 32.7 Å². The van der Waals surface area contributed by atoms with Crippen molar-refractivity contribution in [1.29, 1.82) is 0 Å². The first-order valence-electron chi connectivity index (χ1n) is 10.3. The summed E-state index contributed by atoms with van der Waals surface area (Å²) in [6.45, 7) is 9.73. The first kappa shape index (κ1) is 22.4. The Hall–Kier alpha value is -0.860. The van der Waals surface area contributed by atoms with E-state index in [-0.39, 0.29) is 24.0 Å². The molecular formula is C21H36IN5. The van der Waals surface area contributed by atoms with Gasteiger partial charge in [0, 0.05) is 38.8 Å². The molecule has 27 heavy (non-hydrogen) atoms. The van der Waals surface area contributed by atoms with Gasteiger partial charge in [-0.05, 0) is 30.5 Å². The van der Waals surface area contributed by atoms with Crippen molar-refractivity contribution in [3.63, 3.8) is 0 Å². The topological polar surface area (TPSA) is 56.9 Å². The zero-order chi connectivity index (χ0) is 18.2. The molecule has 6 heteroatoms. The molecule has 1 aromatic rings. The van der Waals surface area contributed by atoms with E-state index in [1.165, 1.54) is 56.3 Å². The van der Waals surface area contributed by atoms with Gasteiger partial charge in [-0.15, -0.1) is 24.0 Å². The molecule has 3 N–H and O–H groups in total. The molecule has 0 aromatic heterocycles. The maximum atomic E-state index is 6.14. The summed E-state index contributed by atoms with van der Waals surface area (Å²) in [6, 6.07) is 9.18. The molecule has 0 bridgehead atoms. The number of rotatable bonds is 6. The maximum Gasteiger partial charge on any atom is 0.189 e. The smallest absolute Gasteiger partial charge is 0.189 e. The minimum absolute atomic E-state index is 0. The molecule has 1 heterocycles. The van der Waals surface area contributed by atoms with E-state index in [0.29, 0.717) is 18.5 Å². The van der Waals surface area contributed by atoms with Crippen molar-refractivity contribution in [2.24, 2.45) is 10.7 Å². The van der Waals surface area contributed by atoms with Gasteiger partial charge in [-0.1, -0.05) is 50.5 Å². The fourth-order valence-corrected chi connectivity index (χ4v) is 4.04. The number of guanidine groups is 1. The van der Waals surface area contributed by atoms with Crippen LogP contribution in [0.1, 0.15) is 50.2 Å². The van der Waals surface area contributed by atoms with Crippen LogP contribution in [0.5, 0.6) is 0 Å². The second kappa shape index (κ2) is 11.9. The first-order valence-corrected chi connectivity index (χ1v) is 10.3. The Morgan fingerprint density at radius 2 is 1.67 bits per heavy atom. The number of nitrogens with one attached hydrogen (secondary N) is 1. The Kier molecular flexibility index (Phi) is 9.86. The van der Waals surface area contributed by atoms with E-state index in [2.05, 4.69) is 51.3 Å². The lowest BCUT2D eigenvalue weighted by Gasteiger charge is -2.34. The Labute approximate surface area is 181 Å². The van der Waals surface area contributed by atoms with Crippen molar-refractivity contribution in [3.05, 3.63) is 35.4 Å². The zero-order valence-electron chi connectivity index (χ0n) is 16.7. The second-order valence-electron chi connectivity index (χ2n) is 7.66. The SMILES string of the molecule is CCN1CCN(Cc2ccccc2CN=C(N)NC2CCCCC2)CC1.I. The summed E-state index contributed by atoms with van der Waals surface area (Å²) in [5.41, 5.74) is 8.81. The number of benzene rings is 1. The van der Waals surface area contributed by atoms with Crippen LogP contribution in [0.25, 0.3) is 0 Å². The van der Waals surface area contributed by atoms with Gasteiger partial charge in [0.25, 0.3) is 0 Å². The van der Waals surface area contributed by atoms with Crippen LogP contribution in [0.2, 0.25) is 0 Å². The lowest BCUT2D eigenvalue weighted by molar-refractivity contribution is 0.131. The summed E-state index contributed by atoms with van der Waals surface area (Å²) >= 11 is 0. The number of likely N-dealkylation sites (N-methyl/N-ethyl adjacent to an activating group) is 1. The van der Waals surface area contributed by atoms with Gasteiger partial charge in [0.2, 0.25) is 0 Å². The summed E-state index contributed by atoms with van der Waals surface area (Å²) in [6.07, 6.45) is 6.40. The number of aliphatic imine (C=N–C) groups is 1. The minimum Gasteiger partial charge on any atom is -0.370 e. The van der Waals surface area contributed by atoms with Crippen LogP contribution in [0.3, 0.4) is 0 Å². The van der Waals surface area contributed by atoms with Gasteiger partial charge in [0.15, 0.2) is 5.96 Å². The van der Waals surface area contributed by atoms with Crippen LogP contribution >= 0.6 is 24.0 Å². The molecule has 1 aromatic carbocycles. The summed E-state index contributed by atoms with van der Waals surface area (Å²) in [5, 5.41) is 3.41. The van der Waals surface area contributed by atoms with Gasteiger partial charge in [-0.25, -0.2) is 4.99 Å². The van der Waals surface area contributed by atoms with Gasteiger partial charge < -0.3 is 16.0 Å². The largest absolute Gasteiger partial charge is 0.370 e. The standard InChI is InChI=1S/C21H35N5.HI/c1-2-25-12-14-26(15-13-25)17-19-9-7-6-8-18(19)16-23-21(22)24-20-10-4-3-5-11-20;/h6-9,20H,2-5,10-17H2,1H3,(H3,22,23,24);1H. The highest BCUT2D eigenvalue weighted by Gasteiger charge is 2.17. The molecule has 2 aliphatic rings. The lowest BCUT2D eigenvalue weighted by Crippen LogP contribution is -2.45. The molecular weight excluding hydrogens is 449 g/mol. The predicted octanol–water partition coefficient (Wildman–Crippen LogP) is 3.18. The average Bonchev–Trinajstić information content (AvgIpc) is 2.69. The van der Waals surface area contributed by atoms with Crippen LogP contribution in [0.4, 0.5) is 0 Å². The Morgan fingerprint density at radius 3 is 2.33 bits per heavy atom. The van der Waals surface area contributed by atoms with E-state index >= 15 is 0 Å². The summed E-state index contributed by atoms with van der Waals surface area (Å²) in [7, 11) is 0. The van der Waals surface area contributed by atoms with Crippen LogP contribution in [0.15, 0.2) is 29.3 Å². The molecule has 3 rings (SSSR count). The fraction of sp³-hybridized carbons (Fsp3) is 0.667. The van der Waals surface area contributed by atoms with Gasteiger partial charge in [-0.2, -0.15) is 0 Å². The van der Waals surface area contributed by atoms with Gasteiger partial charge >= 0.3 is 0 Å². The third-order valence-corrected chi connectivity index (χ3v) is 5.80. The van der Waals surface area contributed by atoms with Crippen molar-refractivity contribution in [3.8, 4) is 0 Å². The monoisotopic (exact) mass is 485 g/mol. The fourth-order valence-electron chi connectivity index (χ4n) is 4.04. The van der Waals surface area contributed by atoms with E-state index in [9.17, 15) is 0 Å². The Bertz CT molecular complexity index is 578. The van der Waals surface area contributed by atoms with E-state index < -0.39 is 0 Å². The predicted molar refractivity (Wildman–Crippen MR) is 125 cm³/mol. The third-order valence-electron chi connectivity index (χ3n) is 5.80. The van der Waals surface area contributed by atoms with Gasteiger partial charge in [0.05, 0.1) is 6.54 Å². The van der Waals surface area contributed by atoms with Crippen molar-refractivity contribution < 1.29 is 0 Å². The molecule has 0 amide bonds. The quantitative estimate of drug-likeness (QED) is 0.369. The highest BCUT2D eigenvalue weighted by Crippen LogP contribution is 2.17. The van der Waals surface area contributed by atoms with Crippen LogP contribution in [-0.4, -0.2) is 54.5 Å². The van der Waals surface area contributed by atoms with Gasteiger partial charge in [0.1, 0.15) is 0 Å². The minimum atomic E-state index is 0. The molecule has 1 saturated heterocycles. The molecule has 0 spiro atoms. The molecule has 2 fully saturated rings. The second-order valence-corrected chi connectivity index (χ2v) is 7.66. The number of halogens is 1. The first-order chi connectivity index (χ1) is 12.7. The summed E-state index contributed by atoms with van der Waals surface area (Å²) in [4.78, 5) is 9.70. The van der Waals surface area contributed by atoms with Crippen LogP contribution in [-0.2, 0) is 13.1 Å². The third kappa shape index (κ3) is 7.23. The molecule has 0 unspecified atom stereocenters. The van der Waals surface area contributed by atoms with E-state index in [4.69, 9.17) is 5.73 Å². The average molecular weight is 485 g/mol. The molecule has 1 saturated carbocycles. The lowest BCUT2D eigenvalue weighted by atomic mass is 9.96. The number of hydrogen-bond acceptors (Lipinski definition) is 3. The maximum absolute atomic E-state index is 6.14. The summed E-state index contributed by atoms with van der Waals surface area (Å²) in [5.74, 6) is 0.600. The Balaban J connectivity index is 0.00000261. The highest BCUT2D eigenvalue weighted by molar-refractivity contribution is 14.0. The molecule has 0 atom stereocenters. The van der Waals surface area contributed by atoms with Crippen LogP contribution in [0, 0.1) is 0 Å². The number of piperazine rings is 1. The molecule has 5 nitrogen and oxygen atoms in total. The van der Waals surface area contributed by atoms with Crippen molar-refractivity contribution in [2.45, 2.75) is 58.2 Å². The number of nitrogens with zero attached hydrogens (tertiary/aromatic N) is 3. The number of hydrogen-bond donors (Lipinski definition) is 2. The Morgan fingerprint density at radius 1 is 1.04 bits per heavy atom. The number of nitrogens with two attached hydrogens (primary N) is 1. The van der Waals surface area contributed by atoms with E-state index in [1.54, 1.807) is 0 Å².